The van der Waals surface area contributed by atoms with Gasteiger partial charge in [0.05, 0.1) is 6.42 Å². The van der Waals surface area contributed by atoms with Crippen molar-refractivity contribution in [2.45, 2.75) is 44.8 Å². The zero-order valence-electron chi connectivity index (χ0n) is 14.7. The molecule has 5 nitrogen and oxygen atoms in total. The quantitative estimate of drug-likeness (QED) is 0.655. The second-order valence-electron chi connectivity index (χ2n) is 7.23. The predicted octanol–water partition coefficient (Wildman–Crippen LogP) is 1.19. The fraction of sp³-hybridized carbons (Fsp3) is 0.632. The van der Waals surface area contributed by atoms with Crippen LogP contribution in [0.25, 0.3) is 0 Å². The van der Waals surface area contributed by atoms with Crippen LogP contribution in [0.5, 0.6) is 0 Å². The Morgan fingerprint density at radius 3 is 2.71 bits per heavy atom. The van der Waals surface area contributed by atoms with Crippen LogP contribution < -0.4 is 5.32 Å². The largest absolute Gasteiger partial charge is 0.388 e. The van der Waals surface area contributed by atoms with Crippen LogP contribution in [0.15, 0.2) is 30.3 Å². The summed E-state index contributed by atoms with van der Waals surface area (Å²) in [6.07, 6.45) is 0.841. The highest BCUT2D eigenvalue weighted by molar-refractivity contribution is 5.79. The molecule has 1 aromatic rings. The summed E-state index contributed by atoms with van der Waals surface area (Å²) in [5, 5.41) is 24.2. The normalized spacial score (nSPS) is 24.4. The number of aliphatic hydroxyl groups is 2. The van der Waals surface area contributed by atoms with Crippen LogP contribution in [-0.2, 0) is 11.2 Å². The summed E-state index contributed by atoms with van der Waals surface area (Å²) in [7, 11) is 0. The van der Waals surface area contributed by atoms with Crippen molar-refractivity contribution >= 4 is 5.91 Å². The number of carbonyl (C=O) groups is 1. The Hall–Kier alpha value is -1.43. The molecule has 5 heteroatoms. The minimum atomic E-state index is -1.15. The predicted molar refractivity (Wildman–Crippen MR) is 94.6 cm³/mol. The molecule has 0 radical (unpaired) electrons. The summed E-state index contributed by atoms with van der Waals surface area (Å²) in [6, 6.07) is 9.59. The maximum Gasteiger partial charge on any atom is 0.227 e. The summed E-state index contributed by atoms with van der Waals surface area (Å²) in [6.45, 7) is 6.16. The highest BCUT2D eigenvalue weighted by Crippen LogP contribution is 2.23. The SMILES string of the molecule is CC(C)CCNC[C@@]1(O)CCN(C(=O)Cc2ccccc2)C[C@@H]1O. The van der Waals surface area contributed by atoms with Gasteiger partial charge in [-0.1, -0.05) is 44.2 Å². The third-order valence-electron chi connectivity index (χ3n) is 4.71. The number of rotatable bonds is 7. The Kier molecular flexibility index (Phi) is 6.78. The van der Waals surface area contributed by atoms with Crippen molar-refractivity contribution in [1.82, 2.24) is 10.2 Å². The number of piperidine rings is 1. The number of aliphatic hydroxyl groups excluding tert-OH is 1. The van der Waals surface area contributed by atoms with Crippen molar-refractivity contribution in [3.05, 3.63) is 35.9 Å². The Labute approximate surface area is 144 Å². The first-order chi connectivity index (χ1) is 11.4. The van der Waals surface area contributed by atoms with Crippen LogP contribution in [0.3, 0.4) is 0 Å². The molecule has 2 atom stereocenters. The van der Waals surface area contributed by atoms with E-state index in [4.69, 9.17) is 0 Å². The van der Waals surface area contributed by atoms with E-state index in [0.717, 1.165) is 18.5 Å². The fourth-order valence-electron chi connectivity index (χ4n) is 2.98. The van der Waals surface area contributed by atoms with E-state index < -0.39 is 11.7 Å². The van der Waals surface area contributed by atoms with E-state index in [1.807, 2.05) is 30.3 Å². The topological polar surface area (TPSA) is 72.8 Å². The molecule has 1 aliphatic heterocycles. The van der Waals surface area contributed by atoms with Gasteiger partial charge in [0, 0.05) is 19.6 Å². The molecule has 1 aliphatic rings. The molecular formula is C19H30N2O3. The number of hydrogen-bond donors (Lipinski definition) is 3. The average Bonchev–Trinajstić information content (AvgIpc) is 2.55. The Morgan fingerprint density at radius 2 is 2.08 bits per heavy atom. The van der Waals surface area contributed by atoms with Gasteiger partial charge < -0.3 is 20.4 Å². The van der Waals surface area contributed by atoms with E-state index in [1.54, 1.807) is 4.90 Å². The van der Waals surface area contributed by atoms with Gasteiger partial charge in [0.1, 0.15) is 11.7 Å². The van der Waals surface area contributed by atoms with Crippen molar-refractivity contribution in [1.29, 1.82) is 0 Å². The molecule has 0 aromatic heterocycles. The zero-order chi connectivity index (χ0) is 17.6. The fourth-order valence-corrected chi connectivity index (χ4v) is 2.98. The van der Waals surface area contributed by atoms with E-state index in [1.165, 1.54) is 0 Å². The monoisotopic (exact) mass is 334 g/mol. The molecule has 0 spiro atoms. The van der Waals surface area contributed by atoms with E-state index in [0.29, 0.717) is 31.8 Å². The van der Waals surface area contributed by atoms with Gasteiger partial charge in [-0.25, -0.2) is 0 Å². The van der Waals surface area contributed by atoms with Crippen LogP contribution in [0.4, 0.5) is 0 Å². The lowest BCUT2D eigenvalue weighted by Crippen LogP contribution is -2.60. The number of amides is 1. The minimum Gasteiger partial charge on any atom is -0.388 e. The first kappa shape index (κ1) is 18.9. The maximum absolute atomic E-state index is 12.4. The number of benzene rings is 1. The molecule has 0 aliphatic carbocycles. The number of carbonyl (C=O) groups excluding carboxylic acids is 1. The van der Waals surface area contributed by atoms with Gasteiger partial charge in [-0.15, -0.1) is 0 Å². The summed E-state index contributed by atoms with van der Waals surface area (Å²) in [5.74, 6) is 0.601. The van der Waals surface area contributed by atoms with E-state index >= 15 is 0 Å². The highest BCUT2D eigenvalue weighted by atomic mass is 16.3. The first-order valence-electron chi connectivity index (χ1n) is 8.83. The van der Waals surface area contributed by atoms with Crippen molar-refractivity contribution in [3.8, 4) is 0 Å². The van der Waals surface area contributed by atoms with Crippen LogP contribution >= 0.6 is 0 Å². The van der Waals surface area contributed by atoms with E-state index in [9.17, 15) is 15.0 Å². The molecule has 1 fully saturated rings. The lowest BCUT2D eigenvalue weighted by atomic mass is 9.88. The third kappa shape index (κ3) is 5.30. The number of nitrogens with one attached hydrogen (secondary N) is 1. The van der Waals surface area contributed by atoms with Crippen molar-refractivity contribution < 1.29 is 15.0 Å². The number of β-amino-alcohol motifs (C(OH)–C–C–N with tert-alkyl or cyclic N) is 1. The first-order valence-corrected chi connectivity index (χ1v) is 8.83. The summed E-state index contributed by atoms with van der Waals surface area (Å²) >= 11 is 0. The molecule has 1 aromatic carbocycles. The molecule has 0 unspecified atom stereocenters. The smallest absolute Gasteiger partial charge is 0.227 e. The summed E-state index contributed by atoms with van der Waals surface area (Å²) < 4.78 is 0. The molecule has 1 saturated heterocycles. The van der Waals surface area contributed by atoms with Crippen LogP contribution in [0.2, 0.25) is 0 Å². The lowest BCUT2D eigenvalue weighted by Gasteiger charge is -2.42. The van der Waals surface area contributed by atoms with Gasteiger partial charge in [-0.2, -0.15) is 0 Å². The Balaban J connectivity index is 1.82. The van der Waals surface area contributed by atoms with Crippen molar-refractivity contribution in [2.24, 2.45) is 5.92 Å². The van der Waals surface area contributed by atoms with Gasteiger partial charge in [0.25, 0.3) is 0 Å². The van der Waals surface area contributed by atoms with Gasteiger partial charge in [0.15, 0.2) is 0 Å². The average molecular weight is 334 g/mol. The van der Waals surface area contributed by atoms with Crippen LogP contribution in [-0.4, -0.2) is 58.9 Å². The number of likely N-dealkylation sites (tertiary alicyclic amines) is 1. The molecule has 0 bridgehead atoms. The molecule has 134 valence electrons. The molecule has 0 saturated carbocycles. The van der Waals surface area contributed by atoms with E-state index in [-0.39, 0.29) is 12.5 Å². The molecule has 3 N–H and O–H groups in total. The zero-order valence-corrected chi connectivity index (χ0v) is 14.7. The van der Waals surface area contributed by atoms with Gasteiger partial charge >= 0.3 is 0 Å². The molecule has 2 rings (SSSR count). The molecule has 1 heterocycles. The lowest BCUT2D eigenvalue weighted by molar-refractivity contribution is -0.148. The van der Waals surface area contributed by atoms with Gasteiger partial charge in [-0.05, 0) is 30.9 Å². The van der Waals surface area contributed by atoms with Gasteiger partial charge in [0.2, 0.25) is 5.91 Å². The standard InChI is InChI=1S/C19H30N2O3/c1-15(2)8-10-20-14-19(24)9-11-21(13-17(19)22)18(23)12-16-6-4-3-5-7-16/h3-7,15,17,20,22,24H,8-14H2,1-2H3/t17-,19-/m0/s1. The summed E-state index contributed by atoms with van der Waals surface area (Å²) in [4.78, 5) is 14.0. The van der Waals surface area contributed by atoms with E-state index in [2.05, 4.69) is 19.2 Å². The summed E-state index contributed by atoms with van der Waals surface area (Å²) in [5.41, 5.74) is -0.186. The highest BCUT2D eigenvalue weighted by Gasteiger charge is 2.41. The van der Waals surface area contributed by atoms with Gasteiger partial charge in [-0.3, -0.25) is 4.79 Å². The molecular weight excluding hydrogens is 304 g/mol. The van der Waals surface area contributed by atoms with Crippen molar-refractivity contribution in [2.75, 3.05) is 26.2 Å². The molecule has 1 amide bonds. The second-order valence-corrected chi connectivity index (χ2v) is 7.23. The molecule has 24 heavy (non-hydrogen) atoms. The third-order valence-corrected chi connectivity index (χ3v) is 4.71. The maximum atomic E-state index is 12.4. The minimum absolute atomic E-state index is 0.00457. The van der Waals surface area contributed by atoms with Crippen LogP contribution in [0, 0.1) is 5.92 Å². The number of hydrogen-bond acceptors (Lipinski definition) is 4. The Bertz CT molecular complexity index is 521. The van der Waals surface area contributed by atoms with Crippen molar-refractivity contribution in [3.63, 3.8) is 0 Å². The second kappa shape index (κ2) is 8.60. The van der Waals surface area contributed by atoms with Crippen LogP contribution in [0.1, 0.15) is 32.3 Å². The number of nitrogens with zero attached hydrogens (tertiary/aromatic N) is 1. The Morgan fingerprint density at radius 1 is 1.38 bits per heavy atom.